The van der Waals surface area contributed by atoms with E-state index in [1.807, 2.05) is 37.4 Å². The summed E-state index contributed by atoms with van der Waals surface area (Å²) in [5.41, 5.74) is 1.06. The number of aromatic amines is 1. The monoisotopic (exact) mass is 437 g/mol. The summed E-state index contributed by atoms with van der Waals surface area (Å²) in [4.78, 5) is 30.3. The van der Waals surface area contributed by atoms with Crippen molar-refractivity contribution in [1.29, 1.82) is 0 Å². The van der Waals surface area contributed by atoms with E-state index in [4.69, 9.17) is 4.74 Å². The minimum absolute atomic E-state index is 0.148. The second kappa shape index (κ2) is 9.99. The van der Waals surface area contributed by atoms with E-state index in [-0.39, 0.29) is 11.8 Å². The molecule has 0 aliphatic carbocycles. The average Bonchev–Trinajstić information content (AvgIpc) is 3.31. The zero-order chi connectivity index (χ0) is 22.4. The fraction of sp³-hybridized carbons (Fsp3) is 0.458. The van der Waals surface area contributed by atoms with Crippen LogP contribution in [-0.2, 0) is 11.3 Å². The third-order valence-electron chi connectivity index (χ3n) is 6.28. The molecule has 170 valence electrons. The molecular weight excluding hydrogens is 406 g/mol. The molecule has 1 spiro atoms. The number of fused-ring (bicyclic) bond motifs is 1. The lowest BCUT2D eigenvalue weighted by Gasteiger charge is -2.43. The summed E-state index contributed by atoms with van der Waals surface area (Å²) in [5.74, 6) is 0.518. The molecule has 8 heteroatoms. The Morgan fingerprint density at radius 1 is 1.16 bits per heavy atom. The van der Waals surface area contributed by atoms with Crippen molar-refractivity contribution in [2.24, 2.45) is 5.41 Å². The van der Waals surface area contributed by atoms with Gasteiger partial charge in [0.1, 0.15) is 12.4 Å². The minimum atomic E-state index is -0.491. The first kappa shape index (κ1) is 22.1. The number of carbonyl (C=O) groups excluding carboxylic acids is 2. The van der Waals surface area contributed by atoms with E-state index >= 15 is 0 Å². The van der Waals surface area contributed by atoms with Gasteiger partial charge in [0.25, 0.3) is 5.91 Å². The van der Waals surface area contributed by atoms with Crippen molar-refractivity contribution in [3.05, 3.63) is 59.9 Å². The quantitative estimate of drug-likeness (QED) is 0.703. The molecule has 8 nitrogen and oxygen atoms in total. The van der Waals surface area contributed by atoms with Crippen LogP contribution in [0.25, 0.3) is 0 Å². The molecule has 32 heavy (non-hydrogen) atoms. The van der Waals surface area contributed by atoms with Crippen LogP contribution in [0.2, 0.25) is 0 Å². The van der Waals surface area contributed by atoms with Gasteiger partial charge < -0.3 is 15.0 Å². The molecule has 1 aromatic carbocycles. The predicted octanol–water partition coefficient (Wildman–Crippen LogP) is 2.22. The van der Waals surface area contributed by atoms with Crippen molar-refractivity contribution < 1.29 is 14.3 Å². The van der Waals surface area contributed by atoms with Crippen LogP contribution < -0.4 is 10.1 Å². The third kappa shape index (κ3) is 5.02. The van der Waals surface area contributed by atoms with Gasteiger partial charge in [0, 0.05) is 38.6 Å². The van der Waals surface area contributed by atoms with Gasteiger partial charge >= 0.3 is 0 Å². The van der Waals surface area contributed by atoms with Crippen molar-refractivity contribution in [1.82, 2.24) is 25.3 Å². The van der Waals surface area contributed by atoms with Crippen molar-refractivity contribution in [3.63, 3.8) is 0 Å². The number of nitrogens with zero attached hydrogens (tertiary/aromatic N) is 3. The van der Waals surface area contributed by atoms with E-state index in [1.54, 1.807) is 23.2 Å². The van der Waals surface area contributed by atoms with Crippen LogP contribution >= 0.6 is 0 Å². The molecule has 2 aliphatic heterocycles. The standard InChI is InChI=1S/C24H31N5O3/c1-28-15-16-32-21-8-3-2-7-20(21)22(30)25-12-5-4-10-24(23(28)31)11-6-14-29(18-24)17-19-9-13-26-27-19/h2-5,7-9,13H,6,10-12,14-18H2,1H3,(H,25,30)(H,26,27)/b5-4+. The second-order valence-corrected chi connectivity index (χ2v) is 8.63. The van der Waals surface area contributed by atoms with E-state index in [9.17, 15) is 9.59 Å². The van der Waals surface area contributed by atoms with Crippen LogP contribution in [0.1, 0.15) is 35.3 Å². The van der Waals surface area contributed by atoms with Crippen molar-refractivity contribution in [2.75, 3.05) is 39.8 Å². The fourth-order valence-corrected chi connectivity index (χ4v) is 4.62. The van der Waals surface area contributed by atoms with Crippen molar-refractivity contribution in [3.8, 4) is 5.75 Å². The van der Waals surface area contributed by atoms with Gasteiger partial charge in [-0.15, -0.1) is 0 Å². The van der Waals surface area contributed by atoms with Gasteiger partial charge in [-0.1, -0.05) is 24.3 Å². The maximum Gasteiger partial charge on any atom is 0.255 e. The normalized spacial score (nSPS) is 24.3. The number of para-hydroxylation sites is 1. The average molecular weight is 438 g/mol. The van der Waals surface area contributed by atoms with Crippen LogP contribution in [0.4, 0.5) is 0 Å². The Bertz CT molecular complexity index is 958. The Hall–Kier alpha value is -3.13. The van der Waals surface area contributed by atoms with E-state index < -0.39 is 5.41 Å². The Labute approximate surface area is 188 Å². The largest absolute Gasteiger partial charge is 0.491 e. The number of likely N-dealkylation sites (tertiary alicyclic amines) is 1. The molecule has 2 N–H and O–H groups in total. The van der Waals surface area contributed by atoms with E-state index in [0.29, 0.717) is 44.0 Å². The molecule has 4 rings (SSSR count). The molecule has 2 aromatic rings. The summed E-state index contributed by atoms with van der Waals surface area (Å²) in [7, 11) is 1.84. The van der Waals surface area contributed by atoms with Gasteiger partial charge in [0.15, 0.2) is 0 Å². The predicted molar refractivity (Wildman–Crippen MR) is 121 cm³/mol. The second-order valence-electron chi connectivity index (χ2n) is 8.63. The lowest BCUT2D eigenvalue weighted by molar-refractivity contribution is -0.144. The summed E-state index contributed by atoms with van der Waals surface area (Å²) in [6.45, 7) is 3.59. The van der Waals surface area contributed by atoms with Gasteiger partial charge in [0.2, 0.25) is 5.91 Å². The van der Waals surface area contributed by atoms with Gasteiger partial charge in [0.05, 0.1) is 17.5 Å². The Balaban J connectivity index is 1.53. The number of ether oxygens (including phenoxy) is 1. The molecule has 2 amide bonds. The molecule has 1 atom stereocenters. The molecule has 1 unspecified atom stereocenters. The molecule has 0 bridgehead atoms. The SMILES string of the molecule is CN1CCOc2ccccc2C(=O)NC/C=C/CC2(CCCN(Cc3ccn[nH]3)C2)C1=O. The van der Waals surface area contributed by atoms with Crippen LogP contribution in [0.15, 0.2) is 48.7 Å². The summed E-state index contributed by atoms with van der Waals surface area (Å²) in [6.07, 6.45) is 8.18. The van der Waals surface area contributed by atoms with E-state index in [1.165, 1.54) is 0 Å². The van der Waals surface area contributed by atoms with Crippen LogP contribution in [0, 0.1) is 5.41 Å². The van der Waals surface area contributed by atoms with Crippen LogP contribution in [0.5, 0.6) is 5.75 Å². The Morgan fingerprint density at radius 3 is 2.88 bits per heavy atom. The van der Waals surface area contributed by atoms with Gasteiger partial charge in [-0.3, -0.25) is 19.6 Å². The first-order valence-corrected chi connectivity index (χ1v) is 11.2. The highest BCUT2D eigenvalue weighted by Crippen LogP contribution is 2.36. The van der Waals surface area contributed by atoms with Crippen molar-refractivity contribution in [2.45, 2.75) is 25.8 Å². The van der Waals surface area contributed by atoms with E-state index in [0.717, 1.165) is 31.6 Å². The maximum absolute atomic E-state index is 13.7. The van der Waals surface area contributed by atoms with Crippen LogP contribution in [0.3, 0.4) is 0 Å². The number of hydrogen-bond acceptors (Lipinski definition) is 5. The number of allylic oxidation sites excluding steroid dienone is 1. The highest BCUT2D eigenvalue weighted by Gasteiger charge is 2.42. The summed E-state index contributed by atoms with van der Waals surface area (Å²) < 4.78 is 5.89. The molecule has 0 saturated carbocycles. The number of amides is 2. The number of piperidine rings is 1. The molecule has 1 fully saturated rings. The first-order valence-electron chi connectivity index (χ1n) is 11.2. The Kier molecular flexibility index (Phi) is 6.90. The fourth-order valence-electron chi connectivity index (χ4n) is 4.62. The minimum Gasteiger partial charge on any atom is -0.491 e. The number of hydrogen-bond donors (Lipinski definition) is 2. The molecule has 2 aliphatic rings. The van der Waals surface area contributed by atoms with Crippen LogP contribution in [-0.4, -0.2) is 71.6 Å². The summed E-state index contributed by atoms with van der Waals surface area (Å²) >= 11 is 0. The van der Waals surface area contributed by atoms with Gasteiger partial charge in [-0.25, -0.2) is 0 Å². The summed E-state index contributed by atoms with van der Waals surface area (Å²) in [6, 6.07) is 9.17. The topological polar surface area (TPSA) is 90.6 Å². The lowest BCUT2D eigenvalue weighted by atomic mass is 9.75. The number of carbonyl (C=O) groups is 2. The number of benzene rings is 1. The molecule has 3 heterocycles. The zero-order valence-electron chi connectivity index (χ0n) is 18.5. The van der Waals surface area contributed by atoms with Gasteiger partial charge in [-0.2, -0.15) is 5.10 Å². The van der Waals surface area contributed by atoms with Crippen molar-refractivity contribution >= 4 is 11.8 Å². The molecule has 1 aromatic heterocycles. The highest BCUT2D eigenvalue weighted by molar-refractivity contribution is 5.97. The summed E-state index contributed by atoms with van der Waals surface area (Å²) in [5, 5.41) is 9.98. The number of nitrogens with one attached hydrogen (secondary N) is 2. The number of likely N-dealkylation sites (N-methyl/N-ethyl adjacent to an activating group) is 1. The molecule has 1 saturated heterocycles. The number of aromatic nitrogens is 2. The lowest BCUT2D eigenvalue weighted by Crippen LogP contribution is -2.52. The first-order chi connectivity index (χ1) is 15.6. The zero-order valence-corrected chi connectivity index (χ0v) is 18.5. The number of H-pyrrole nitrogens is 1. The Morgan fingerprint density at radius 2 is 2.03 bits per heavy atom. The molecule has 0 radical (unpaired) electrons. The highest BCUT2D eigenvalue weighted by atomic mass is 16.5. The third-order valence-corrected chi connectivity index (χ3v) is 6.28. The number of rotatable bonds is 2. The smallest absolute Gasteiger partial charge is 0.255 e. The maximum atomic E-state index is 13.7. The molecular formula is C24H31N5O3. The van der Waals surface area contributed by atoms with E-state index in [2.05, 4.69) is 20.4 Å². The van der Waals surface area contributed by atoms with Gasteiger partial charge in [-0.05, 0) is 44.0 Å².